The van der Waals surface area contributed by atoms with Gasteiger partial charge in [0.2, 0.25) is 0 Å². The number of aromatic nitrogens is 1. The molecule has 5 heteroatoms. The zero-order chi connectivity index (χ0) is 13.1. The number of hydrogen-bond donors (Lipinski definition) is 1. The van der Waals surface area contributed by atoms with E-state index in [-0.39, 0.29) is 37.2 Å². The normalized spacial score (nSPS) is 11.2. The maximum absolute atomic E-state index is 3.30. The van der Waals surface area contributed by atoms with Crippen LogP contribution < -0.4 is 40.6 Å². The standard InChI is InChI=1S/C9H10.C8H6N.3ClH.Zr/c1-2-5-9-7-3-6-8(9)4-1;1-2-4-8-7(3-1)5-6-9-8;;;;/h1-2,4-5H,3,6-7H2;1-5,9H;3*1H;/q;;;;;+3/p-3. The van der Waals surface area contributed by atoms with Crippen molar-refractivity contribution >= 4 is 14.3 Å². The minimum atomic E-state index is 0. The number of H-pyrrole nitrogens is 1. The molecule has 0 atom stereocenters. The monoisotopic (exact) mass is 429 g/mol. The zero-order valence-corrected chi connectivity index (χ0v) is 16.7. The van der Waals surface area contributed by atoms with Gasteiger partial charge in [-0.1, -0.05) is 24.3 Å². The summed E-state index contributed by atoms with van der Waals surface area (Å²) in [4.78, 5) is 3.30. The Bertz CT molecular complexity index is 641. The second kappa shape index (κ2) is 10.5. The zero-order valence-electron chi connectivity index (χ0n) is 12.0. The van der Waals surface area contributed by atoms with Crippen molar-refractivity contribution in [2.75, 3.05) is 0 Å². The Morgan fingerprint density at radius 3 is 1.91 bits per heavy atom. The number of nitrogens with one attached hydrogen (secondary N) is 1. The third kappa shape index (κ3) is 5.42. The van der Waals surface area contributed by atoms with Crippen molar-refractivity contribution in [1.29, 1.82) is 0 Å². The topological polar surface area (TPSA) is 15.8 Å². The molecule has 0 radical (unpaired) electrons. The largest absolute Gasteiger partial charge is 0.0620 e. The van der Waals surface area contributed by atoms with E-state index in [9.17, 15) is 0 Å². The van der Waals surface area contributed by atoms with E-state index in [1.54, 1.807) is 11.1 Å². The number of hydrogen-bond acceptors (Lipinski definition) is 0. The molecule has 2 aromatic carbocycles. The molecule has 4 rings (SSSR count). The average molecular weight is 432 g/mol. The number of benzene rings is 2. The number of rotatable bonds is 0. The molecule has 1 aliphatic carbocycles. The summed E-state index contributed by atoms with van der Waals surface area (Å²) in [6.07, 6.45) is 3.96. The molecule has 0 amide bonds. The molecule has 1 aromatic heterocycles. The quantitative estimate of drug-likeness (QED) is 0.366. The summed E-state index contributed by atoms with van der Waals surface area (Å²) in [5, 5.41) is 1.31. The third-order valence-electron chi connectivity index (χ3n) is 3.54. The second-order valence-corrected chi connectivity index (χ2v) is 6.22. The Hall–Kier alpha value is -0.267. The van der Waals surface area contributed by atoms with Gasteiger partial charge in [0.1, 0.15) is 0 Å². The molecule has 1 aliphatic rings. The minimum absolute atomic E-state index is 0. The number of fused-ring (bicyclic) bond motifs is 2. The minimum Gasteiger partial charge on any atom is -0.0620 e. The predicted molar refractivity (Wildman–Crippen MR) is 76.4 cm³/mol. The van der Waals surface area contributed by atoms with Crippen molar-refractivity contribution in [3.05, 3.63) is 65.7 Å². The molecule has 3 aromatic rings. The average Bonchev–Trinajstić information content (AvgIpc) is 3.03. The van der Waals surface area contributed by atoms with Gasteiger partial charge in [-0.3, -0.25) is 0 Å². The summed E-state index contributed by atoms with van der Waals surface area (Å²) in [5.74, 6) is 0. The van der Waals surface area contributed by atoms with Crippen LogP contribution in [0.4, 0.5) is 0 Å². The summed E-state index contributed by atoms with van der Waals surface area (Å²) < 4.78 is 1.31. The van der Waals surface area contributed by atoms with Crippen LogP contribution in [0.5, 0.6) is 0 Å². The fraction of sp³-hybridized carbons (Fsp3) is 0.176. The van der Waals surface area contributed by atoms with Crippen LogP contribution in [0.15, 0.2) is 54.6 Å². The molecule has 0 fully saturated rings. The van der Waals surface area contributed by atoms with E-state index in [1.165, 1.54) is 58.3 Å². The van der Waals surface area contributed by atoms with Crippen LogP contribution in [0.25, 0.3) is 10.9 Å². The Kier molecular flexibility index (Phi) is 10.4. The van der Waals surface area contributed by atoms with E-state index in [1.807, 2.05) is 6.07 Å². The Morgan fingerprint density at radius 1 is 0.773 bits per heavy atom. The summed E-state index contributed by atoms with van der Waals surface area (Å²) in [6, 6.07) is 19.3. The van der Waals surface area contributed by atoms with E-state index in [4.69, 9.17) is 0 Å². The second-order valence-electron chi connectivity index (χ2n) is 4.89. The summed E-state index contributed by atoms with van der Waals surface area (Å²) >= 11 is 1.45. The maximum atomic E-state index is 3.30. The number of halogens is 3. The molecule has 0 bridgehead atoms. The molecule has 0 spiro atoms. The van der Waals surface area contributed by atoms with Gasteiger partial charge in [0.05, 0.1) is 0 Å². The van der Waals surface area contributed by atoms with E-state index < -0.39 is 0 Å². The fourth-order valence-corrected chi connectivity index (χ4v) is 3.30. The Labute approximate surface area is 165 Å². The molecule has 0 unspecified atom stereocenters. The summed E-state index contributed by atoms with van der Waals surface area (Å²) in [6.45, 7) is 0. The first-order chi connectivity index (χ1) is 9.33. The first-order valence-corrected chi connectivity index (χ1v) is 7.92. The molecule has 0 aliphatic heterocycles. The molecule has 1 nitrogen and oxygen atoms in total. The van der Waals surface area contributed by atoms with Crippen LogP contribution >= 0.6 is 0 Å². The molecule has 0 saturated heterocycles. The van der Waals surface area contributed by atoms with Crippen LogP contribution in [0.2, 0.25) is 0 Å². The Morgan fingerprint density at radius 2 is 1.32 bits per heavy atom. The molecular formula is C17H16Cl3NZr. The SMILES string of the molecule is [Cl-].[Cl-].[Cl-].[Zr+3][c]1cc2ccccc2[nH]1.c1ccc2c(c1)CCC2. The van der Waals surface area contributed by atoms with Crippen LogP contribution in [0, 0.1) is 0 Å². The van der Waals surface area contributed by atoms with Crippen LogP contribution in [0.1, 0.15) is 17.5 Å². The Balaban J connectivity index is 0.000000354. The third-order valence-corrected chi connectivity index (χ3v) is 4.20. The fourth-order valence-electron chi connectivity index (χ4n) is 2.59. The van der Waals surface area contributed by atoms with Gasteiger partial charge in [0.15, 0.2) is 0 Å². The predicted octanol–water partition coefficient (Wildman–Crippen LogP) is -5.47. The number of aryl methyl sites for hydroxylation is 2. The van der Waals surface area contributed by atoms with E-state index in [0.717, 1.165) is 0 Å². The van der Waals surface area contributed by atoms with Crippen molar-refractivity contribution in [2.45, 2.75) is 19.3 Å². The van der Waals surface area contributed by atoms with Gasteiger partial charge in [0, 0.05) is 0 Å². The van der Waals surface area contributed by atoms with Crippen LogP contribution in [0.3, 0.4) is 0 Å². The van der Waals surface area contributed by atoms with Gasteiger partial charge in [-0.05, 0) is 30.4 Å². The molecule has 22 heavy (non-hydrogen) atoms. The van der Waals surface area contributed by atoms with Gasteiger partial charge in [-0.2, -0.15) is 0 Å². The van der Waals surface area contributed by atoms with Gasteiger partial charge >= 0.3 is 74.3 Å². The van der Waals surface area contributed by atoms with E-state index >= 15 is 0 Å². The molecule has 0 saturated carbocycles. The van der Waals surface area contributed by atoms with Gasteiger partial charge in [0.25, 0.3) is 0 Å². The van der Waals surface area contributed by atoms with Gasteiger partial charge in [-0.25, -0.2) is 0 Å². The molecule has 114 valence electrons. The maximum Gasteiger partial charge on any atom is -0.0273 e. The molecule has 1 N–H and O–H groups in total. The number of para-hydroxylation sites is 1. The van der Waals surface area contributed by atoms with Crippen molar-refractivity contribution in [1.82, 2.24) is 4.98 Å². The van der Waals surface area contributed by atoms with Crippen LogP contribution in [-0.2, 0) is 37.6 Å². The summed E-state index contributed by atoms with van der Waals surface area (Å²) in [5.41, 5.74) is 4.38. The van der Waals surface area contributed by atoms with E-state index in [0.29, 0.717) is 0 Å². The molecule has 1 heterocycles. The van der Waals surface area contributed by atoms with Crippen molar-refractivity contribution < 1.29 is 61.9 Å². The van der Waals surface area contributed by atoms with Crippen molar-refractivity contribution in [2.24, 2.45) is 0 Å². The first kappa shape index (κ1) is 21.7. The van der Waals surface area contributed by atoms with Crippen molar-refractivity contribution in [3.63, 3.8) is 0 Å². The molecular weight excluding hydrogens is 416 g/mol. The number of aromatic amines is 1. The van der Waals surface area contributed by atoms with E-state index in [2.05, 4.69) is 53.5 Å². The van der Waals surface area contributed by atoms with Crippen LogP contribution in [-0.4, -0.2) is 4.98 Å². The van der Waals surface area contributed by atoms with Gasteiger partial charge < -0.3 is 37.2 Å². The van der Waals surface area contributed by atoms with Gasteiger partial charge in [-0.15, -0.1) is 0 Å². The van der Waals surface area contributed by atoms with Crippen molar-refractivity contribution in [3.8, 4) is 0 Å². The summed E-state index contributed by atoms with van der Waals surface area (Å²) in [7, 11) is 0. The first-order valence-electron chi connectivity index (χ1n) is 6.69. The smallest absolute Gasteiger partial charge is 0.0273 e.